The predicted octanol–water partition coefficient (Wildman–Crippen LogP) is 11.4. The molecule has 10 rings (SSSR count). The molecule has 0 saturated heterocycles. The van der Waals surface area contributed by atoms with Gasteiger partial charge in [-0.3, -0.25) is 0 Å². The lowest BCUT2D eigenvalue weighted by Crippen LogP contribution is -2.00. The highest BCUT2D eigenvalue weighted by atomic mass is 32.1. The minimum absolute atomic E-state index is 0.632. The van der Waals surface area contributed by atoms with E-state index in [1.807, 2.05) is 78.1 Å². The second kappa shape index (κ2) is 11.6. The van der Waals surface area contributed by atoms with Crippen molar-refractivity contribution in [2.75, 3.05) is 0 Å². The molecule has 0 aliphatic heterocycles. The van der Waals surface area contributed by atoms with Crippen LogP contribution in [0.5, 0.6) is 0 Å². The fourth-order valence-corrected chi connectivity index (χ4v) is 7.96. The van der Waals surface area contributed by atoms with Gasteiger partial charge in [0.05, 0.1) is 22.2 Å². The van der Waals surface area contributed by atoms with Gasteiger partial charge in [-0.15, -0.1) is 11.3 Å². The Hall–Kier alpha value is -6.50. The summed E-state index contributed by atoms with van der Waals surface area (Å²) in [4.78, 5) is 20.0. The molecule has 0 unspecified atom stereocenters. The van der Waals surface area contributed by atoms with Gasteiger partial charge in [0.25, 0.3) is 0 Å². The summed E-state index contributed by atoms with van der Waals surface area (Å²) in [6, 6.07) is 56.7. The average molecular weight is 658 g/mol. The number of thiophene rings is 1. The molecule has 6 heteroatoms. The number of aromatic nitrogens is 5. The maximum atomic E-state index is 5.29. The van der Waals surface area contributed by atoms with Crippen molar-refractivity contribution in [2.45, 2.75) is 0 Å². The van der Waals surface area contributed by atoms with Gasteiger partial charge < -0.3 is 4.57 Å². The second-order valence-electron chi connectivity index (χ2n) is 12.3. The molecule has 5 nitrogen and oxygen atoms in total. The van der Waals surface area contributed by atoms with Crippen LogP contribution < -0.4 is 0 Å². The first-order valence-corrected chi connectivity index (χ1v) is 17.4. The quantitative estimate of drug-likeness (QED) is 0.185. The number of fused-ring (bicyclic) bond motifs is 6. The van der Waals surface area contributed by atoms with E-state index in [-0.39, 0.29) is 0 Å². The van der Waals surface area contributed by atoms with Gasteiger partial charge in [0.1, 0.15) is 0 Å². The zero-order valence-corrected chi connectivity index (χ0v) is 27.5. The van der Waals surface area contributed by atoms with Gasteiger partial charge in [0.15, 0.2) is 17.5 Å². The summed E-state index contributed by atoms with van der Waals surface area (Å²) in [7, 11) is 0. The Morgan fingerprint density at radius 3 is 1.58 bits per heavy atom. The lowest BCUT2D eigenvalue weighted by atomic mass is 10.1. The third kappa shape index (κ3) is 4.77. The Labute approximate surface area is 291 Å². The van der Waals surface area contributed by atoms with Crippen molar-refractivity contribution in [1.82, 2.24) is 24.5 Å². The van der Waals surface area contributed by atoms with Crippen molar-refractivity contribution in [2.24, 2.45) is 0 Å². The molecule has 234 valence electrons. The third-order valence-corrected chi connectivity index (χ3v) is 10.4. The number of benzene rings is 6. The molecule has 0 aliphatic carbocycles. The van der Waals surface area contributed by atoms with Crippen LogP contribution in [0.3, 0.4) is 0 Å². The molecule has 6 aromatic carbocycles. The lowest BCUT2D eigenvalue weighted by Gasteiger charge is -2.11. The van der Waals surface area contributed by atoms with Crippen LogP contribution in [0.1, 0.15) is 0 Å². The molecular weight excluding hydrogens is 631 g/mol. The van der Waals surface area contributed by atoms with Gasteiger partial charge in [-0.2, -0.15) is 0 Å². The smallest absolute Gasteiger partial charge is 0.164 e. The van der Waals surface area contributed by atoms with Crippen molar-refractivity contribution in [3.63, 3.8) is 0 Å². The minimum Gasteiger partial charge on any atom is -0.308 e. The molecule has 4 heterocycles. The molecule has 0 spiro atoms. The minimum atomic E-state index is 0.632. The van der Waals surface area contributed by atoms with Crippen LogP contribution in [0, 0.1) is 0 Å². The summed E-state index contributed by atoms with van der Waals surface area (Å²) in [5.74, 6) is 1.93. The van der Waals surface area contributed by atoms with Crippen molar-refractivity contribution in [1.29, 1.82) is 0 Å². The third-order valence-electron chi connectivity index (χ3n) is 9.26. The second-order valence-corrected chi connectivity index (χ2v) is 13.4. The van der Waals surface area contributed by atoms with Gasteiger partial charge in [0, 0.05) is 53.5 Å². The molecule has 0 saturated carbocycles. The summed E-state index contributed by atoms with van der Waals surface area (Å²) in [5, 5.41) is 3.68. The monoisotopic (exact) mass is 657 g/mol. The lowest BCUT2D eigenvalue weighted by molar-refractivity contribution is 1.07. The molecule has 0 atom stereocenters. The molecule has 0 fully saturated rings. The molecule has 0 aliphatic rings. The number of hydrogen-bond donors (Lipinski definition) is 0. The van der Waals surface area contributed by atoms with Crippen LogP contribution in [0.25, 0.3) is 93.2 Å². The largest absolute Gasteiger partial charge is 0.308 e. The molecular formula is C44H27N5S. The number of hydrogen-bond acceptors (Lipinski definition) is 5. The first kappa shape index (κ1) is 28.5. The molecule has 0 radical (unpaired) electrons. The summed E-state index contributed by atoms with van der Waals surface area (Å²) >= 11 is 1.83. The number of rotatable bonds is 5. The Morgan fingerprint density at radius 1 is 0.380 bits per heavy atom. The highest BCUT2D eigenvalue weighted by molar-refractivity contribution is 7.25. The zero-order valence-electron chi connectivity index (χ0n) is 26.7. The highest BCUT2D eigenvalue weighted by Gasteiger charge is 2.18. The molecule has 4 aromatic heterocycles. The van der Waals surface area contributed by atoms with Crippen LogP contribution in [0.15, 0.2) is 164 Å². The summed E-state index contributed by atoms with van der Waals surface area (Å²) in [5.41, 5.74) is 9.10. The standard InChI is InChI=1S/C44H27N5S/c1-4-12-28(13-5-1)36-24-25-37-41(45-36)35-26-34-33-18-10-11-19-39(33)50-40(34)27-38(35)49(37)32-22-20-31(21-23-32)44-47-42(29-14-6-2-7-15-29)46-43(48-44)30-16-8-3-9-17-30/h1-27H. The maximum absolute atomic E-state index is 5.29. The predicted molar refractivity (Wildman–Crippen MR) is 207 cm³/mol. The summed E-state index contributed by atoms with van der Waals surface area (Å²) in [6.07, 6.45) is 0. The topological polar surface area (TPSA) is 56.5 Å². The molecule has 50 heavy (non-hydrogen) atoms. The van der Waals surface area contributed by atoms with Crippen LogP contribution in [-0.2, 0) is 0 Å². The average Bonchev–Trinajstić information content (AvgIpc) is 3.72. The molecule has 0 N–H and O–H groups in total. The van der Waals surface area contributed by atoms with Gasteiger partial charge in [0.2, 0.25) is 0 Å². The van der Waals surface area contributed by atoms with Crippen LogP contribution >= 0.6 is 11.3 Å². The number of nitrogens with zero attached hydrogens (tertiary/aromatic N) is 5. The summed E-state index contributed by atoms with van der Waals surface area (Å²) < 4.78 is 4.88. The van der Waals surface area contributed by atoms with E-state index in [4.69, 9.17) is 19.9 Å². The Bertz CT molecular complexity index is 2780. The fourth-order valence-electron chi connectivity index (χ4n) is 6.84. The van der Waals surface area contributed by atoms with Gasteiger partial charge in [-0.05, 0) is 54.6 Å². The van der Waals surface area contributed by atoms with E-state index in [2.05, 4.69) is 102 Å². The molecule has 10 aromatic rings. The SMILES string of the molecule is c1ccc(-c2ccc3c(n2)c2cc4c(cc2n3-c2ccc(-c3nc(-c5ccccc5)nc(-c5ccccc5)n3)cc2)sc2ccccc24)cc1. The maximum Gasteiger partial charge on any atom is 0.164 e. The Balaban J connectivity index is 1.15. The van der Waals surface area contributed by atoms with Gasteiger partial charge in [-0.25, -0.2) is 19.9 Å². The van der Waals surface area contributed by atoms with E-state index in [9.17, 15) is 0 Å². The Kier molecular flexibility index (Phi) is 6.60. The first-order valence-electron chi connectivity index (χ1n) is 16.6. The highest BCUT2D eigenvalue weighted by Crippen LogP contribution is 2.41. The normalized spacial score (nSPS) is 11.6. The van der Waals surface area contributed by atoms with E-state index in [1.54, 1.807) is 0 Å². The van der Waals surface area contributed by atoms with E-state index in [0.29, 0.717) is 17.5 Å². The fraction of sp³-hybridized carbons (Fsp3) is 0. The zero-order chi connectivity index (χ0) is 33.0. The van der Waals surface area contributed by atoms with Crippen LogP contribution in [0.2, 0.25) is 0 Å². The van der Waals surface area contributed by atoms with E-state index < -0.39 is 0 Å². The van der Waals surface area contributed by atoms with Crippen molar-refractivity contribution in [3.05, 3.63) is 164 Å². The van der Waals surface area contributed by atoms with E-state index in [0.717, 1.165) is 55.6 Å². The molecule has 0 bridgehead atoms. The van der Waals surface area contributed by atoms with E-state index in [1.165, 1.54) is 20.2 Å². The molecule has 0 amide bonds. The van der Waals surface area contributed by atoms with Gasteiger partial charge >= 0.3 is 0 Å². The van der Waals surface area contributed by atoms with Gasteiger partial charge in [-0.1, -0.05) is 109 Å². The van der Waals surface area contributed by atoms with Crippen LogP contribution in [-0.4, -0.2) is 24.5 Å². The van der Waals surface area contributed by atoms with E-state index >= 15 is 0 Å². The van der Waals surface area contributed by atoms with Crippen molar-refractivity contribution < 1.29 is 0 Å². The van der Waals surface area contributed by atoms with Crippen molar-refractivity contribution >= 4 is 53.4 Å². The number of pyridine rings is 1. The Morgan fingerprint density at radius 2 is 0.940 bits per heavy atom. The first-order chi connectivity index (χ1) is 24.8. The van der Waals surface area contributed by atoms with Crippen LogP contribution in [0.4, 0.5) is 0 Å². The van der Waals surface area contributed by atoms with Crippen molar-refractivity contribution in [3.8, 4) is 51.1 Å². The summed E-state index contributed by atoms with van der Waals surface area (Å²) in [6.45, 7) is 0.